The van der Waals surface area contributed by atoms with Crippen molar-refractivity contribution in [3.63, 3.8) is 0 Å². The minimum atomic E-state index is -2.92. The molecule has 10 nitrogen and oxygen atoms in total. The van der Waals surface area contributed by atoms with Crippen LogP contribution in [0.25, 0.3) is 38.4 Å². The number of likely N-dealkylation sites (tertiary alicyclic amines) is 1. The molecule has 0 radical (unpaired) electrons. The van der Waals surface area contributed by atoms with Crippen molar-refractivity contribution in [1.29, 1.82) is 0 Å². The van der Waals surface area contributed by atoms with Crippen molar-refractivity contribution >= 4 is 33.0 Å². The summed E-state index contributed by atoms with van der Waals surface area (Å²) in [4.78, 5) is 13.6. The molecule has 6 heterocycles. The van der Waals surface area contributed by atoms with Crippen molar-refractivity contribution in [2.24, 2.45) is 5.41 Å². The molecule has 3 aromatic heterocycles. The van der Waals surface area contributed by atoms with Crippen LogP contribution >= 0.6 is 0 Å². The van der Waals surface area contributed by atoms with E-state index in [9.17, 15) is 5.11 Å². The lowest BCUT2D eigenvalue weighted by molar-refractivity contribution is -0.000560. The van der Waals surface area contributed by atoms with Gasteiger partial charge < -0.3 is 29.7 Å². The van der Waals surface area contributed by atoms with E-state index in [4.69, 9.17) is 14.5 Å². The Balaban J connectivity index is 1.19. The summed E-state index contributed by atoms with van der Waals surface area (Å²) in [6.45, 7) is 4.18. The van der Waals surface area contributed by atoms with Gasteiger partial charge in [-0.2, -0.15) is 15.1 Å². The number of halogens is 4. The van der Waals surface area contributed by atoms with E-state index in [0.717, 1.165) is 25.7 Å². The van der Waals surface area contributed by atoms with Crippen LogP contribution in [-0.4, -0.2) is 100 Å². The monoisotopic (exact) mass is 719 g/mol. The van der Waals surface area contributed by atoms with Gasteiger partial charge in [-0.15, -0.1) is 0 Å². The number of rotatable bonds is 9. The predicted molar refractivity (Wildman–Crippen MR) is 188 cm³/mol. The molecule has 14 heteroatoms. The number of aromatic hydroxyl groups is 1. The van der Waals surface area contributed by atoms with Crippen LogP contribution in [0.4, 0.5) is 23.4 Å². The van der Waals surface area contributed by atoms with Crippen molar-refractivity contribution < 1.29 is 32.1 Å². The van der Waals surface area contributed by atoms with Crippen LogP contribution in [0, 0.1) is 17.0 Å². The highest BCUT2D eigenvalue weighted by Gasteiger charge is 2.72. The molecule has 3 aliphatic heterocycles. The van der Waals surface area contributed by atoms with E-state index in [1.54, 1.807) is 25.4 Å². The number of anilines is 1. The lowest BCUT2D eigenvalue weighted by Gasteiger charge is -2.35. The van der Waals surface area contributed by atoms with Gasteiger partial charge in [0.2, 0.25) is 0 Å². The number of alkyl halides is 2. The minimum absolute atomic E-state index is 0.0191. The second-order valence-electron chi connectivity index (χ2n) is 15.0. The average molecular weight is 720 g/mol. The third kappa shape index (κ3) is 5.44. The molecule has 9 rings (SSSR count). The Bertz CT molecular complexity index is 2200. The number of fused-ring (bicyclic) bond motifs is 6. The van der Waals surface area contributed by atoms with E-state index in [1.807, 2.05) is 11.8 Å². The summed E-state index contributed by atoms with van der Waals surface area (Å²) in [7, 11) is 1.67. The first kappa shape index (κ1) is 33.6. The van der Waals surface area contributed by atoms with Crippen LogP contribution in [-0.2, 0) is 11.2 Å². The van der Waals surface area contributed by atoms with E-state index in [2.05, 4.69) is 20.3 Å². The number of benzene rings is 2. The Morgan fingerprint density at radius 1 is 1.00 bits per heavy atom. The Morgan fingerprint density at radius 3 is 2.44 bits per heavy atom. The Kier molecular flexibility index (Phi) is 8.01. The number of aryl methyl sites for hydroxylation is 1. The molecule has 3 atom stereocenters. The van der Waals surface area contributed by atoms with Crippen LogP contribution in [0.1, 0.15) is 44.6 Å². The van der Waals surface area contributed by atoms with Gasteiger partial charge in [-0.1, -0.05) is 13.0 Å². The van der Waals surface area contributed by atoms with Gasteiger partial charge in [0.05, 0.1) is 28.6 Å². The maximum Gasteiger partial charge on any atom is 0.319 e. The number of nitrogens with one attached hydrogen (secondary N) is 1. The summed E-state index contributed by atoms with van der Waals surface area (Å²) < 4.78 is 76.1. The molecule has 0 amide bonds. The zero-order chi connectivity index (χ0) is 35.9. The number of piperidine rings is 1. The maximum atomic E-state index is 17.5. The van der Waals surface area contributed by atoms with Gasteiger partial charge >= 0.3 is 6.01 Å². The molecule has 5 aromatic rings. The molecule has 3 saturated heterocycles. The summed E-state index contributed by atoms with van der Waals surface area (Å²) in [6.07, 6.45) is 5.21. The van der Waals surface area contributed by atoms with Crippen LogP contribution in [0.5, 0.6) is 11.8 Å². The zero-order valence-corrected chi connectivity index (χ0v) is 29.1. The third-order valence-corrected chi connectivity index (χ3v) is 11.8. The molecule has 2 N–H and O–H groups in total. The molecular weight excluding hydrogens is 678 g/mol. The van der Waals surface area contributed by atoms with Crippen LogP contribution in [0.2, 0.25) is 0 Å². The molecule has 0 spiro atoms. The topological polar surface area (TPSA) is 100 Å². The molecule has 1 saturated carbocycles. The van der Waals surface area contributed by atoms with Crippen molar-refractivity contribution in [3.8, 4) is 23.0 Å². The summed E-state index contributed by atoms with van der Waals surface area (Å²) in [5, 5.41) is 20.3. The van der Waals surface area contributed by atoms with E-state index in [1.165, 1.54) is 22.7 Å². The average Bonchev–Trinajstić information content (AvgIpc) is 3.43. The number of piperazine rings is 1. The smallest absolute Gasteiger partial charge is 0.319 e. The molecule has 274 valence electrons. The highest BCUT2D eigenvalue weighted by atomic mass is 19.3. The van der Waals surface area contributed by atoms with Crippen LogP contribution in [0.3, 0.4) is 0 Å². The Labute approximate surface area is 297 Å². The van der Waals surface area contributed by atoms with E-state index in [-0.39, 0.29) is 66.3 Å². The summed E-state index contributed by atoms with van der Waals surface area (Å²) in [5.41, 5.74) is -0.379. The molecular formula is C38H41F4N7O3. The van der Waals surface area contributed by atoms with E-state index in [0.29, 0.717) is 65.7 Å². The lowest BCUT2D eigenvalue weighted by Crippen LogP contribution is -2.51. The van der Waals surface area contributed by atoms with Gasteiger partial charge in [-0.3, -0.25) is 0 Å². The highest BCUT2D eigenvalue weighted by Crippen LogP contribution is 2.61. The Morgan fingerprint density at radius 2 is 1.75 bits per heavy atom. The zero-order valence-electron chi connectivity index (χ0n) is 29.1. The van der Waals surface area contributed by atoms with Crippen molar-refractivity contribution in [2.45, 2.75) is 69.6 Å². The number of methoxy groups -OCH3 is 1. The summed E-state index contributed by atoms with van der Waals surface area (Å²) in [6, 6.07) is 7.81. The van der Waals surface area contributed by atoms with Crippen molar-refractivity contribution in [1.82, 2.24) is 29.8 Å². The van der Waals surface area contributed by atoms with Gasteiger partial charge in [-0.25, -0.2) is 22.1 Å². The molecule has 2 bridgehead atoms. The summed E-state index contributed by atoms with van der Waals surface area (Å²) >= 11 is 0. The minimum Gasteiger partial charge on any atom is -0.508 e. The fourth-order valence-corrected chi connectivity index (χ4v) is 8.92. The van der Waals surface area contributed by atoms with Crippen molar-refractivity contribution in [3.05, 3.63) is 53.7 Å². The number of pyridine rings is 1. The first-order valence-electron chi connectivity index (χ1n) is 18.2. The molecule has 2 aromatic carbocycles. The fraction of sp³-hybridized carbons (Fsp3) is 0.500. The first-order valence-corrected chi connectivity index (χ1v) is 18.2. The maximum absolute atomic E-state index is 17.5. The molecule has 4 aliphatic rings. The number of nitrogens with zero attached hydrogens (tertiary/aromatic N) is 6. The molecule has 52 heavy (non-hydrogen) atoms. The lowest BCUT2D eigenvalue weighted by atomic mass is 9.94. The standard InChI is InChI=1S/C38H41F4N7O3/c1-3-26-28(39)7-4-21-14-24(50)15-27(30(21)26)34-32(40)33-31(29-8-11-43-49(29)34)35(48-16-22-5-6-23(17-48)44-22)46-36(45-33)52-20-37(18-38(37,41)42)19-47-12-9-25(51-2)10-13-47/h4,7-8,11,14-15,22-23,25,44,50H,3,5-6,9-10,12-13,16-20H2,1-2H3. The number of ether oxygens (including phenoxy) is 2. The van der Waals surface area contributed by atoms with Crippen LogP contribution < -0.4 is 15.0 Å². The van der Waals surface area contributed by atoms with Crippen LogP contribution in [0.15, 0.2) is 36.5 Å². The number of phenols is 1. The SMILES string of the molecule is CCc1c(F)ccc2cc(O)cc(-c3c(F)c4nc(OCC5(CN6CCC(OC)CC6)CC5(F)F)nc(N5CC6CCC(C5)N6)c4c4ccnn34)c12. The number of aromatic nitrogens is 4. The first-order chi connectivity index (χ1) is 25.1. The van der Waals surface area contributed by atoms with Gasteiger partial charge in [0.15, 0.2) is 5.82 Å². The van der Waals surface area contributed by atoms with Gasteiger partial charge in [0.1, 0.15) is 35.2 Å². The van der Waals surface area contributed by atoms with Gasteiger partial charge in [-0.05, 0) is 72.7 Å². The van der Waals surface area contributed by atoms with Gasteiger partial charge in [0, 0.05) is 63.9 Å². The number of hydrogen-bond acceptors (Lipinski definition) is 9. The van der Waals surface area contributed by atoms with E-state index < -0.39 is 23.0 Å². The second kappa shape index (κ2) is 12.4. The largest absolute Gasteiger partial charge is 0.508 e. The van der Waals surface area contributed by atoms with Crippen molar-refractivity contribution in [2.75, 3.05) is 51.3 Å². The molecule has 1 aliphatic carbocycles. The fourth-order valence-electron chi connectivity index (χ4n) is 8.92. The molecule has 3 unspecified atom stereocenters. The van der Waals surface area contributed by atoms with E-state index >= 15 is 17.6 Å². The number of phenolic OH excluding ortho intramolecular Hbond substituents is 1. The third-order valence-electron chi connectivity index (χ3n) is 11.8. The molecule has 4 fully saturated rings. The highest BCUT2D eigenvalue weighted by molar-refractivity contribution is 6.07. The number of hydrogen-bond donors (Lipinski definition) is 2. The normalized spacial score (nSPS) is 24.8. The van der Waals surface area contributed by atoms with Gasteiger partial charge in [0.25, 0.3) is 5.92 Å². The summed E-state index contributed by atoms with van der Waals surface area (Å²) in [5.74, 6) is -3.82. The Hall–Kier alpha value is -4.27. The second-order valence-corrected chi connectivity index (χ2v) is 15.0. The quantitative estimate of drug-likeness (QED) is 0.175. The predicted octanol–water partition coefficient (Wildman–Crippen LogP) is 6.10.